The highest BCUT2D eigenvalue weighted by Crippen LogP contribution is 2.22. The van der Waals surface area contributed by atoms with Crippen LogP contribution in [-0.2, 0) is 17.1 Å². The number of carbonyl (C=O) groups excluding carboxylic acids is 1. The van der Waals surface area contributed by atoms with E-state index in [0.29, 0.717) is 13.0 Å². The standard InChI is InChI=1S/C11H17N3O4S/c1-12-11(16)10-5-9(7-13(10)2)19(17,18)14-4-3-8(15)6-14/h5,7-8,15H,3-4,6H2,1-2H3,(H,12,16). The number of hydrogen-bond acceptors (Lipinski definition) is 4. The van der Waals surface area contributed by atoms with Crippen LogP contribution in [0.25, 0.3) is 0 Å². The normalized spacial score (nSPS) is 20.7. The first-order valence-corrected chi connectivity index (χ1v) is 7.37. The monoisotopic (exact) mass is 287 g/mol. The maximum Gasteiger partial charge on any atom is 0.267 e. The van der Waals surface area contributed by atoms with Crippen LogP contribution in [0.2, 0.25) is 0 Å². The van der Waals surface area contributed by atoms with Gasteiger partial charge in [0.15, 0.2) is 0 Å². The number of rotatable bonds is 3. The molecule has 7 nitrogen and oxygen atoms in total. The van der Waals surface area contributed by atoms with Crippen LogP contribution in [0.15, 0.2) is 17.2 Å². The Bertz CT molecular complexity index is 593. The third-order valence-electron chi connectivity index (χ3n) is 3.20. The molecular formula is C11H17N3O4S. The third kappa shape index (κ3) is 2.51. The Balaban J connectivity index is 2.34. The molecule has 0 spiro atoms. The summed E-state index contributed by atoms with van der Waals surface area (Å²) in [6.45, 7) is 0.403. The van der Waals surface area contributed by atoms with Crippen molar-refractivity contribution in [3.05, 3.63) is 18.0 Å². The number of sulfonamides is 1. The Morgan fingerprint density at radius 1 is 1.53 bits per heavy atom. The van der Waals surface area contributed by atoms with Gasteiger partial charge in [0.1, 0.15) is 10.6 Å². The molecule has 1 aliphatic heterocycles. The molecule has 1 aromatic rings. The summed E-state index contributed by atoms with van der Waals surface area (Å²) in [6, 6.07) is 1.35. The van der Waals surface area contributed by atoms with Gasteiger partial charge in [0, 0.05) is 33.4 Å². The molecule has 106 valence electrons. The number of hydrogen-bond donors (Lipinski definition) is 2. The van der Waals surface area contributed by atoms with Crippen LogP contribution in [0.3, 0.4) is 0 Å². The van der Waals surface area contributed by atoms with Gasteiger partial charge in [-0.05, 0) is 12.5 Å². The molecule has 2 rings (SSSR count). The van der Waals surface area contributed by atoms with Gasteiger partial charge in [-0.15, -0.1) is 0 Å². The minimum atomic E-state index is -3.64. The van der Waals surface area contributed by atoms with Gasteiger partial charge in [0.05, 0.1) is 6.10 Å². The summed E-state index contributed by atoms with van der Waals surface area (Å²) in [4.78, 5) is 11.6. The maximum absolute atomic E-state index is 12.3. The van der Waals surface area contributed by atoms with Gasteiger partial charge in [-0.3, -0.25) is 4.79 Å². The van der Waals surface area contributed by atoms with Crippen molar-refractivity contribution in [2.75, 3.05) is 20.1 Å². The molecule has 8 heteroatoms. The summed E-state index contributed by atoms with van der Waals surface area (Å²) < 4.78 is 27.4. The molecule has 1 aromatic heterocycles. The lowest BCUT2D eigenvalue weighted by Gasteiger charge is -2.14. The van der Waals surface area contributed by atoms with E-state index in [-0.39, 0.29) is 23.0 Å². The summed E-state index contributed by atoms with van der Waals surface area (Å²) in [5.41, 5.74) is 0.279. The number of nitrogens with zero attached hydrogens (tertiary/aromatic N) is 2. The molecule has 1 atom stereocenters. The van der Waals surface area contributed by atoms with E-state index in [9.17, 15) is 18.3 Å². The van der Waals surface area contributed by atoms with E-state index in [2.05, 4.69) is 5.32 Å². The summed E-state index contributed by atoms with van der Waals surface area (Å²) in [6.07, 6.45) is 1.23. The summed E-state index contributed by atoms with van der Waals surface area (Å²) in [7, 11) is -0.543. The van der Waals surface area contributed by atoms with Crippen molar-refractivity contribution in [2.24, 2.45) is 7.05 Å². The summed E-state index contributed by atoms with van der Waals surface area (Å²) in [5.74, 6) is -0.342. The Hall–Kier alpha value is -1.38. The summed E-state index contributed by atoms with van der Waals surface area (Å²) in [5, 5.41) is 11.9. The number of aryl methyl sites for hydroxylation is 1. The maximum atomic E-state index is 12.3. The lowest BCUT2D eigenvalue weighted by molar-refractivity contribution is 0.0955. The van der Waals surface area contributed by atoms with Crippen molar-refractivity contribution in [1.82, 2.24) is 14.2 Å². The molecule has 2 N–H and O–H groups in total. The van der Waals surface area contributed by atoms with E-state index in [0.717, 1.165) is 0 Å². The predicted octanol–water partition coefficient (Wildman–Crippen LogP) is -0.860. The van der Waals surface area contributed by atoms with Crippen molar-refractivity contribution >= 4 is 15.9 Å². The van der Waals surface area contributed by atoms with Crippen LogP contribution in [-0.4, -0.2) is 54.5 Å². The molecule has 1 aliphatic rings. The van der Waals surface area contributed by atoms with Crippen molar-refractivity contribution in [2.45, 2.75) is 17.4 Å². The van der Waals surface area contributed by atoms with E-state index < -0.39 is 16.1 Å². The SMILES string of the molecule is CNC(=O)c1cc(S(=O)(=O)N2CCC(O)C2)cn1C. The van der Waals surface area contributed by atoms with Crippen molar-refractivity contribution in [1.29, 1.82) is 0 Å². The largest absolute Gasteiger partial charge is 0.392 e. The number of carbonyl (C=O) groups is 1. The first kappa shape index (κ1) is 14.0. The fourth-order valence-electron chi connectivity index (χ4n) is 2.11. The fraction of sp³-hybridized carbons (Fsp3) is 0.545. The molecule has 0 bridgehead atoms. The van der Waals surface area contributed by atoms with Crippen molar-refractivity contribution in [3.8, 4) is 0 Å². The summed E-state index contributed by atoms with van der Waals surface area (Å²) >= 11 is 0. The minimum absolute atomic E-state index is 0.0719. The average Bonchev–Trinajstić information content (AvgIpc) is 2.95. The van der Waals surface area contributed by atoms with Crippen molar-refractivity contribution in [3.63, 3.8) is 0 Å². The van der Waals surface area contributed by atoms with Gasteiger partial charge in [0.2, 0.25) is 10.0 Å². The number of β-amino-alcohol motifs (C(OH)–C–C–N with tert-alkyl or cyclic N) is 1. The van der Waals surface area contributed by atoms with Gasteiger partial charge >= 0.3 is 0 Å². The average molecular weight is 287 g/mol. The quantitative estimate of drug-likeness (QED) is 0.757. The Morgan fingerprint density at radius 3 is 2.74 bits per heavy atom. The molecule has 1 saturated heterocycles. The second kappa shape index (κ2) is 4.95. The molecule has 2 heterocycles. The molecule has 19 heavy (non-hydrogen) atoms. The fourth-order valence-corrected chi connectivity index (χ4v) is 3.67. The van der Waals surface area contributed by atoms with Crippen LogP contribution in [0.5, 0.6) is 0 Å². The highest BCUT2D eigenvalue weighted by molar-refractivity contribution is 7.89. The molecule has 0 saturated carbocycles. The zero-order valence-electron chi connectivity index (χ0n) is 10.8. The van der Waals surface area contributed by atoms with E-state index in [1.807, 2.05) is 0 Å². The first-order chi connectivity index (χ1) is 8.86. The lowest BCUT2D eigenvalue weighted by Crippen LogP contribution is -2.29. The van der Waals surface area contributed by atoms with Crippen LogP contribution in [0, 0.1) is 0 Å². The topological polar surface area (TPSA) is 91.6 Å². The molecule has 1 fully saturated rings. The second-order valence-electron chi connectivity index (χ2n) is 4.56. The zero-order valence-corrected chi connectivity index (χ0v) is 11.6. The van der Waals surface area contributed by atoms with Crippen LogP contribution in [0.1, 0.15) is 16.9 Å². The minimum Gasteiger partial charge on any atom is -0.392 e. The number of aliphatic hydroxyl groups excluding tert-OH is 1. The predicted molar refractivity (Wildman–Crippen MR) is 68.2 cm³/mol. The van der Waals surface area contributed by atoms with Crippen LogP contribution in [0.4, 0.5) is 0 Å². The second-order valence-corrected chi connectivity index (χ2v) is 6.49. The van der Waals surface area contributed by atoms with Gasteiger partial charge in [0.25, 0.3) is 5.91 Å². The Morgan fingerprint density at radius 2 is 2.21 bits per heavy atom. The number of aliphatic hydroxyl groups is 1. The molecule has 1 amide bonds. The van der Waals surface area contributed by atoms with E-state index >= 15 is 0 Å². The molecule has 0 aromatic carbocycles. The Kier molecular flexibility index (Phi) is 3.66. The van der Waals surface area contributed by atoms with E-state index in [1.165, 1.54) is 28.2 Å². The van der Waals surface area contributed by atoms with E-state index in [1.54, 1.807) is 7.05 Å². The van der Waals surface area contributed by atoms with Crippen molar-refractivity contribution < 1.29 is 18.3 Å². The number of nitrogens with one attached hydrogen (secondary N) is 1. The molecule has 0 aliphatic carbocycles. The van der Waals surface area contributed by atoms with Gasteiger partial charge < -0.3 is 15.0 Å². The van der Waals surface area contributed by atoms with E-state index in [4.69, 9.17) is 0 Å². The smallest absolute Gasteiger partial charge is 0.267 e. The molecule has 1 unspecified atom stereocenters. The van der Waals surface area contributed by atoms with Crippen LogP contribution < -0.4 is 5.32 Å². The first-order valence-electron chi connectivity index (χ1n) is 5.93. The molecular weight excluding hydrogens is 270 g/mol. The third-order valence-corrected chi connectivity index (χ3v) is 5.03. The van der Waals surface area contributed by atoms with Crippen LogP contribution >= 0.6 is 0 Å². The molecule has 0 radical (unpaired) electrons. The number of aromatic nitrogens is 1. The highest BCUT2D eigenvalue weighted by atomic mass is 32.2. The zero-order chi connectivity index (χ0) is 14.2. The van der Waals surface area contributed by atoms with Gasteiger partial charge in [-0.25, -0.2) is 8.42 Å². The highest BCUT2D eigenvalue weighted by Gasteiger charge is 2.32. The van der Waals surface area contributed by atoms with Gasteiger partial charge in [-0.2, -0.15) is 4.31 Å². The Labute approximate surface area is 111 Å². The lowest BCUT2D eigenvalue weighted by atomic mass is 10.3. The number of amides is 1. The van der Waals surface area contributed by atoms with Gasteiger partial charge in [-0.1, -0.05) is 0 Å².